The van der Waals surface area contributed by atoms with Gasteiger partial charge in [0.05, 0.1) is 10.6 Å². The number of hydrogen-bond acceptors (Lipinski definition) is 4. The number of hydrogen-bond donors (Lipinski definition) is 1. The third kappa shape index (κ3) is 5.71. The van der Waals surface area contributed by atoms with Crippen LogP contribution in [0.15, 0.2) is 79.5 Å². The molecule has 1 aliphatic heterocycles. The molecule has 0 aliphatic carbocycles. The van der Waals surface area contributed by atoms with E-state index in [0.29, 0.717) is 16.7 Å². The molecule has 1 saturated heterocycles. The van der Waals surface area contributed by atoms with Crippen LogP contribution in [0, 0.1) is 13.8 Å². The van der Waals surface area contributed by atoms with Crippen molar-refractivity contribution < 1.29 is 9.53 Å². The van der Waals surface area contributed by atoms with Gasteiger partial charge in [-0.05, 0) is 84.8 Å². The highest BCUT2D eigenvalue weighted by molar-refractivity contribution is 9.11. The standard InChI is InChI=1S/C25H20Br2N2O2S/c1-15-3-8-20(11-16(15)2)28-25-29-24(30)23(32-25)12-17-4-9-21(10-5-17)31-14-18-6-7-19(26)13-22(18)27/h3-13H,14H2,1-2H3,(H,28,29,30)/b23-12-. The molecular weight excluding hydrogens is 552 g/mol. The Kier molecular flexibility index (Phi) is 7.18. The second kappa shape index (κ2) is 10.1. The van der Waals surface area contributed by atoms with Gasteiger partial charge in [-0.3, -0.25) is 4.79 Å². The topological polar surface area (TPSA) is 50.7 Å². The fourth-order valence-corrected chi connectivity index (χ4v) is 5.01. The maximum atomic E-state index is 12.4. The molecule has 1 aliphatic rings. The van der Waals surface area contributed by atoms with Crippen LogP contribution in [0.25, 0.3) is 6.08 Å². The van der Waals surface area contributed by atoms with E-state index in [9.17, 15) is 4.79 Å². The zero-order valence-electron chi connectivity index (χ0n) is 17.5. The van der Waals surface area contributed by atoms with E-state index in [1.54, 1.807) is 0 Å². The van der Waals surface area contributed by atoms with Gasteiger partial charge in [-0.2, -0.15) is 0 Å². The Labute approximate surface area is 208 Å². The van der Waals surface area contributed by atoms with E-state index in [1.807, 2.05) is 66.7 Å². The minimum Gasteiger partial charge on any atom is -0.489 e. The number of amidine groups is 1. The minimum absolute atomic E-state index is 0.141. The lowest BCUT2D eigenvalue weighted by Gasteiger charge is -2.08. The van der Waals surface area contributed by atoms with E-state index in [4.69, 9.17) is 4.74 Å². The molecule has 0 saturated carbocycles. The lowest BCUT2D eigenvalue weighted by molar-refractivity contribution is -0.115. The van der Waals surface area contributed by atoms with Gasteiger partial charge < -0.3 is 10.1 Å². The van der Waals surface area contributed by atoms with Crippen LogP contribution in [-0.4, -0.2) is 11.1 Å². The molecule has 162 valence electrons. The van der Waals surface area contributed by atoms with E-state index in [2.05, 4.69) is 56.0 Å². The number of nitrogens with one attached hydrogen (secondary N) is 1. The number of halogens is 2. The Hall–Kier alpha value is -2.35. The first-order chi connectivity index (χ1) is 15.4. The molecule has 3 aromatic carbocycles. The molecule has 0 radical (unpaired) electrons. The first-order valence-corrected chi connectivity index (χ1v) is 12.3. The van der Waals surface area contributed by atoms with Gasteiger partial charge in [0, 0.05) is 14.5 Å². The van der Waals surface area contributed by atoms with E-state index >= 15 is 0 Å². The summed E-state index contributed by atoms with van der Waals surface area (Å²) < 4.78 is 7.90. The number of ether oxygens (including phenoxy) is 1. The van der Waals surface area contributed by atoms with Crippen molar-refractivity contribution in [2.45, 2.75) is 20.5 Å². The van der Waals surface area contributed by atoms with Crippen LogP contribution in [-0.2, 0) is 11.4 Å². The zero-order chi connectivity index (χ0) is 22.7. The fraction of sp³-hybridized carbons (Fsp3) is 0.120. The smallest absolute Gasteiger partial charge is 0.264 e. The molecule has 3 aromatic rings. The number of rotatable bonds is 5. The highest BCUT2D eigenvalue weighted by Crippen LogP contribution is 2.29. The maximum Gasteiger partial charge on any atom is 0.264 e. The average Bonchev–Trinajstić information content (AvgIpc) is 3.10. The van der Waals surface area contributed by atoms with E-state index in [0.717, 1.165) is 31.5 Å². The summed E-state index contributed by atoms with van der Waals surface area (Å²) in [6.07, 6.45) is 1.86. The molecule has 0 bridgehead atoms. The molecule has 7 heteroatoms. The molecule has 32 heavy (non-hydrogen) atoms. The van der Waals surface area contributed by atoms with E-state index in [1.165, 1.54) is 22.9 Å². The Morgan fingerprint density at radius 3 is 2.50 bits per heavy atom. The summed E-state index contributed by atoms with van der Waals surface area (Å²) in [5.41, 5.74) is 5.21. The molecule has 1 fully saturated rings. The van der Waals surface area contributed by atoms with Crippen molar-refractivity contribution in [1.82, 2.24) is 5.32 Å². The summed E-state index contributed by atoms with van der Waals surface area (Å²) in [6.45, 7) is 4.58. The number of benzene rings is 3. The van der Waals surface area contributed by atoms with Crippen LogP contribution < -0.4 is 10.1 Å². The minimum atomic E-state index is -0.141. The van der Waals surface area contributed by atoms with Gasteiger partial charge in [0.1, 0.15) is 12.4 Å². The monoisotopic (exact) mass is 570 g/mol. The number of aliphatic imine (C=N–C) groups is 1. The maximum absolute atomic E-state index is 12.4. The van der Waals surface area contributed by atoms with Gasteiger partial charge in [0.2, 0.25) is 0 Å². The molecule has 0 spiro atoms. The first-order valence-electron chi connectivity index (χ1n) is 9.91. The molecule has 1 amide bonds. The normalized spacial score (nSPS) is 15.9. The van der Waals surface area contributed by atoms with Crippen molar-refractivity contribution in [2.75, 3.05) is 0 Å². The van der Waals surface area contributed by atoms with E-state index in [-0.39, 0.29) is 5.91 Å². The molecule has 4 rings (SSSR count). The third-order valence-electron chi connectivity index (χ3n) is 4.96. The fourth-order valence-electron chi connectivity index (χ4n) is 3.00. The predicted molar refractivity (Wildman–Crippen MR) is 139 cm³/mol. The summed E-state index contributed by atoms with van der Waals surface area (Å²) >= 11 is 8.35. The SMILES string of the molecule is Cc1ccc(N=C2NC(=O)/C(=C/c3ccc(OCc4ccc(Br)cc4Br)cc3)S2)cc1C. The van der Waals surface area contributed by atoms with Gasteiger partial charge >= 0.3 is 0 Å². The Balaban J connectivity index is 1.41. The quantitative estimate of drug-likeness (QED) is 0.327. The number of carbonyl (C=O) groups is 1. The molecule has 1 N–H and O–H groups in total. The summed E-state index contributed by atoms with van der Waals surface area (Å²) in [5, 5.41) is 3.43. The second-order valence-corrected chi connectivity index (χ2v) is 10.1. The second-order valence-electron chi connectivity index (χ2n) is 7.34. The number of carbonyl (C=O) groups excluding carboxylic acids is 1. The van der Waals surface area contributed by atoms with E-state index < -0.39 is 0 Å². The van der Waals surface area contributed by atoms with Crippen LogP contribution >= 0.6 is 43.6 Å². The number of amides is 1. The molecule has 0 atom stereocenters. The molecule has 0 unspecified atom stereocenters. The van der Waals surface area contributed by atoms with Crippen molar-refractivity contribution in [3.63, 3.8) is 0 Å². The van der Waals surface area contributed by atoms with Gasteiger partial charge in [-0.1, -0.05) is 56.1 Å². The van der Waals surface area contributed by atoms with Crippen LogP contribution in [0.3, 0.4) is 0 Å². The Morgan fingerprint density at radius 1 is 1.00 bits per heavy atom. The lowest BCUT2D eigenvalue weighted by Crippen LogP contribution is -2.19. The van der Waals surface area contributed by atoms with Gasteiger partial charge in [0.15, 0.2) is 5.17 Å². The number of aryl methyl sites for hydroxylation is 2. The van der Waals surface area contributed by atoms with Crippen molar-refractivity contribution in [3.05, 3.63) is 96.8 Å². The molecule has 4 nitrogen and oxygen atoms in total. The van der Waals surface area contributed by atoms with Gasteiger partial charge in [0.25, 0.3) is 5.91 Å². The summed E-state index contributed by atoms with van der Waals surface area (Å²) in [4.78, 5) is 17.5. The molecule has 0 aromatic heterocycles. The Bertz CT molecular complexity index is 1240. The van der Waals surface area contributed by atoms with Crippen LogP contribution in [0.1, 0.15) is 22.3 Å². The Morgan fingerprint density at radius 2 is 1.78 bits per heavy atom. The van der Waals surface area contributed by atoms with Crippen LogP contribution in [0.2, 0.25) is 0 Å². The van der Waals surface area contributed by atoms with Crippen LogP contribution in [0.5, 0.6) is 5.75 Å². The number of thioether (sulfide) groups is 1. The summed E-state index contributed by atoms with van der Waals surface area (Å²) in [7, 11) is 0. The van der Waals surface area contributed by atoms with Gasteiger partial charge in [-0.15, -0.1) is 0 Å². The van der Waals surface area contributed by atoms with Gasteiger partial charge in [-0.25, -0.2) is 4.99 Å². The molecule has 1 heterocycles. The third-order valence-corrected chi connectivity index (χ3v) is 7.10. The summed E-state index contributed by atoms with van der Waals surface area (Å²) in [5.74, 6) is 0.625. The average molecular weight is 572 g/mol. The number of nitrogens with zero attached hydrogens (tertiary/aromatic N) is 1. The van der Waals surface area contributed by atoms with Crippen molar-refractivity contribution in [3.8, 4) is 5.75 Å². The van der Waals surface area contributed by atoms with Crippen molar-refractivity contribution in [2.24, 2.45) is 4.99 Å². The first kappa shape index (κ1) is 22.8. The largest absolute Gasteiger partial charge is 0.489 e. The highest BCUT2D eigenvalue weighted by Gasteiger charge is 2.23. The highest BCUT2D eigenvalue weighted by atomic mass is 79.9. The van der Waals surface area contributed by atoms with Crippen molar-refractivity contribution in [1.29, 1.82) is 0 Å². The predicted octanol–water partition coefficient (Wildman–Crippen LogP) is 7.30. The van der Waals surface area contributed by atoms with Crippen LogP contribution in [0.4, 0.5) is 5.69 Å². The lowest BCUT2D eigenvalue weighted by atomic mass is 10.1. The zero-order valence-corrected chi connectivity index (χ0v) is 21.5. The van der Waals surface area contributed by atoms with Crippen molar-refractivity contribution >= 4 is 66.5 Å². The summed E-state index contributed by atoms with van der Waals surface area (Å²) in [6, 6.07) is 19.7. The molecular formula is C25H20Br2N2O2S.